The van der Waals surface area contributed by atoms with Crippen molar-refractivity contribution in [2.75, 3.05) is 11.9 Å². The van der Waals surface area contributed by atoms with Crippen molar-refractivity contribution in [1.29, 1.82) is 0 Å². The van der Waals surface area contributed by atoms with Gasteiger partial charge >= 0.3 is 0 Å². The predicted octanol–water partition coefficient (Wildman–Crippen LogP) is 2.78. The normalized spacial score (nSPS) is 16.9. The van der Waals surface area contributed by atoms with Crippen molar-refractivity contribution in [3.8, 4) is 0 Å². The molecule has 1 aliphatic carbocycles. The molecule has 0 spiro atoms. The van der Waals surface area contributed by atoms with E-state index in [1.165, 1.54) is 31.4 Å². The van der Waals surface area contributed by atoms with Gasteiger partial charge < -0.3 is 10.4 Å². The molecule has 0 amide bonds. The van der Waals surface area contributed by atoms with Gasteiger partial charge in [0.15, 0.2) is 0 Å². The van der Waals surface area contributed by atoms with Crippen molar-refractivity contribution in [3.63, 3.8) is 0 Å². The molecular formula is C13H19NO. The molecule has 1 aliphatic rings. The Bertz CT molecular complexity index is 288. The van der Waals surface area contributed by atoms with Gasteiger partial charge in [0.25, 0.3) is 0 Å². The molecule has 82 valence electrons. The first-order valence-electron chi connectivity index (χ1n) is 5.82. The fraction of sp³-hybridized carbons (Fsp3) is 0.538. The molecule has 1 fully saturated rings. The molecule has 0 heterocycles. The zero-order valence-electron chi connectivity index (χ0n) is 9.08. The second-order valence-electron chi connectivity index (χ2n) is 4.39. The van der Waals surface area contributed by atoms with E-state index in [9.17, 15) is 0 Å². The first-order chi connectivity index (χ1) is 7.38. The average Bonchev–Trinajstić information content (AvgIpc) is 2.80. The lowest BCUT2D eigenvalue weighted by atomic mass is 10.1. The molecule has 2 nitrogen and oxygen atoms in total. The van der Waals surface area contributed by atoms with Gasteiger partial charge in [-0.15, -0.1) is 0 Å². The molecule has 0 unspecified atom stereocenters. The summed E-state index contributed by atoms with van der Waals surface area (Å²) in [7, 11) is 0. The second kappa shape index (κ2) is 5.17. The van der Waals surface area contributed by atoms with E-state index in [1.807, 2.05) is 24.3 Å². The monoisotopic (exact) mass is 205 g/mol. The highest BCUT2D eigenvalue weighted by Gasteiger charge is 2.13. The number of nitrogens with one attached hydrogen (secondary N) is 1. The Balaban J connectivity index is 1.82. The van der Waals surface area contributed by atoms with Crippen molar-refractivity contribution in [2.24, 2.45) is 5.92 Å². The van der Waals surface area contributed by atoms with Crippen LogP contribution in [0.2, 0.25) is 0 Å². The fourth-order valence-electron chi connectivity index (χ4n) is 2.20. The number of aliphatic hydroxyl groups excluding tert-OH is 1. The van der Waals surface area contributed by atoms with E-state index in [0.29, 0.717) is 0 Å². The van der Waals surface area contributed by atoms with Crippen LogP contribution in [0, 0.1) is 5.92 Å². The minimum atomic E-state index is 0.128. The Morgan fingerprint density at radius 3 is 2.40 bits per heavy atom. The first kappa shape index (κ1) is 10.5. The molecule has 0 bridgehead atoms. The minimum absolute atomic E-state index is 0.128. The molecule has 0 aromatic heterocycles. The van der Waals surface area contributed by atoms with E-state index in [0.717, 1.165) is 18.0 Å². The summed E-state index contributed by atoms with van der Waals surface area (Å²) in [5.41, 5.74) is 2.14. The molecule has 0 radical (unpaired) electrons. The van der Waals surface area contributed by atoms with Crippen LogP contribution in [0.1, 0.15) is 31.2 Å². The first-order valence-corrected chi connectivity index (χ1v) is 5.82. The number of aliphatic hydroxyl groups is 1. The maximum atomic E-state index is 8.91. The highest BCUT2D eigenvalue weighted by molar-refractivity contribution is 5.44. The van der Waals surface area contributed by atoms with Crippen LogP contribution in [0.25, 0.3) is 0 Å². The summed E-state index contributed by atoms with van der Waals surface area (Å²) in [6.07, 6.45) is 5.55. The topological polar surface area (TPSA) is 32.3 Å². The van der Waals surface area contributed by atoms with E-state index >= 15 is 0 Å². The Morgan fingerprint density at radius 1 is 1.13 bits per heavy atom. The lowest BCUT2D eigenvalue weighted by Crippen LogP contribution is -2.10. The van der Waals surface area contributed by atoms with Crippen LogP contribution >= 0.6 is 0 Å². The minimum Gasteiger partial charge on any atom is -0.392 e. The predicted molar refractivity (Wildman–Crippen MR) is 62.8 cm³/mol. The van der Waals surface area contributed by atoms with Crippen LogP contribution in [0.15, 0.2) is 24.3 Å². The highest BCUT2D eigenvalue weighted by atomic mass is 16.3. The lowest BCUT2D eigenvalue weighted by molar-refractivity contribution is 0.282. The molecule has 1 saturated carbocycles. The summed E-state index contributed by atoms with van der Waals surface area (Å²) in [5, 5.41) is 12.4. The summed E-state index contributed by atoms with van der Waals surface area (Å²) in [6, 6.07) is 8.02. The summed E-state index contributed by atoms with van der Waals surface area (Å²) >= 11 is 0. The van der Waals surface area contributed by atoms with Crippen molar-refractivity contribution < 1.29 is 5.11 Å². The number of hydrogen-bond donors (Lipinski definition) is 2. The number of rotatable bonds is 4. The van der Waals surface area contributed by atoms with Gasteiger partial charge in [-0.2, -0.15) is 0 Å². The Hall–Kier alpha value is -1.02. The van der Waals surface area contributed by atoms with Gasteiger partial charge in [-0.25, -0.2) is 0 Å². The summed E-state index contributed by atoms with van der Waals surface area (Å²) < 4.78 is 0. The van der Waals surface area contributed by atoms with Crippen LogP contribution in [0.4, 0.5) is 5.69 Å². The van der Waals surface area contributed by atoms with Crippen molar-refractivity contribution in [2.45, 2.75) is 32.3 Å². The molecular weight excluding hydrogens is 186 g/mol. The van der Waals surface area contributed by atoms with Crippen molar-refractivity contribution in [3.05, 3.63) is 29.8 Å². The molecule has 2 rings (SSSR count). The number of anilines is 1. The third-order valence-electron chi connectivity index (χ3n) is 3.21. The van der Waals surface area contributed by atoms with Gasteiger partial charge in [0, 0.05) is 12.2 Å². The average molecular weight is 205 g/mol. The largest absolute Gasteiger partial charge is 0.392 e. The number of benzene rings is 1. The number of hydrogen-bond acceptors (Lipinski definition) is 2. The second-order valence-corrected chi connectivity index (χ2v) is 4.39. The quantitative estimate of drug-likeness (QED) is 0.792. The standard InChI is InChI=1S/C13H19NO/c15-10-12-5-7-13(8-6-12)14-9-11-3-1-2-4-11/h5-8,11,14-15H,1-4,9-10H2. The molecule has 2 heteroatoms. The van der Waals surface area contributed by atoms with E-state index in [4.69, 9.17) is 5.11 Å². The zero-order valence-corrected chi connectivity index (χ0v) is 9.08. The molecule has 2 N–H and O–H groups in total. The van der Waals surface area contributed by atoms with Gasteiger partial charge in [-0.05, 0) is 36.5 Å². The summed E-state index contributed by atoms with van der Waals surface area (Å²) in [4.78, 5) is 0. The molecule has 0 aliphatic heterocycles. The third kappa shape index (κ3) is 2.96. The summed E-state index contributed by atoms with van der Waals surface area (Å²) in [6.45, 7) is 1.22. The molecule has 0 atom stereocenters. The van der Waals surface area contributed by atoms with E-state index in [2.05, 4.69) is 5.32 Å². The SMILES string of the molecule is OCc1ccc(NCC2CCCC2)cc1. The molecule has 15 heavy (non-hydrogen) atoms. The van der Waals surface area contributed by atoms with Gasteiger partial charge in [-0.1, -0.05) is 25.0 Å². The van der Waals surface area contributed by atoms with E-state index in [1.54, 1.807) is 0 Å². The maximum absolute atomic E-state index is 8.91. The van der Waals surface area contributed by atoms with Crippen molar-refractivity contribution >= 4 is 5.69 Å². The van der Waals surface area contributed by atoms with Crippen molar-refractivity contribution in [1.82, 2.24) is 0 Å². The molecule has 1 aromatic carbocycles. The highest BCUT2D eigenvalue weighted by Crippen LogP contribution is 2.24. The third-order valence-corrected chi connectivity index (χ3v) is 3.21. The maximum Gasteiger partial charge on any atom is 0.0681 e. The molecule has 0 saturated heterocycles. The van der Waals surface area contributed by atoms with E-state index in [-0.39, 0.29) is 6.61 Å². The van der Waals surface area contributed by atoms with E-state index < -0.39 is 0 Å². The zero-order chi connectivity index (χ0) is 10.5. The van der Waals surface area contributed by atoms with Gasteiger partial charge in [0.05, 0.1) is 6.61 Å². The van der Waals surface area contributed by atoms with Crippen LogP contribution in [0.3, 0.4) is 0 Å². The Morgan fingerprint density at radius 2 is 1.80 bits per heavy atom. The smallest absolute Gasteiger partial charge is 0.0681 e. The van der Waals surface area contributed by atoms with Crippen LogP contribution in [-0.2, 0) is 6.61 Å². The van der Waals surface area contributed by atoms with Gasteiger partial charge in [0.1, 0.15) is 0 Å². The fourth-order valence-corrected chi connectivity index (χ4v) is 2.20. The van der Waals surface area contributed by atoms with Gasteiger partial charge in [-0.3, -0.25) is 0 Å². The lowest BCUT2D eigenvalue weighted by Gasteiger charge is -2.11. The van der Waals surface area contributed by atoms with Gasteiger partial charge in [0.2, 0.25) is 0 Å². The summed E-state index contributed by atoms with van der Waals surface area (Å²) in [5.74, 6) is 0.863. The van der Waals surface area contributed by atoms with Crippen LogP contribution in [-0.4, -0.2) is 11.7 Å². The van der Waals surface area contributed by atoms with Crippen LogP contribution in [0.5, 0.6) is 0 Å². The molecule has 1 aromatic rings. The Kier molecular flexibility index (Phi) is 3.62. The van der Waals surface area contributed by atoms with Crippen LogP contribution < -0.4 is 5.32 Å². The Labute approximate surface area is 91.3 Å².